The van der Waals surface area contributed by atoms with Crippen LogP contribution in [-0.2, 0) is 9.47 Å². The molecule has 0 spiro atoms. The van der Waals surface area contributed by atoms with Gasteiger partial charge in [0.25, 0.3) is 0 Å². The summed E-state index contributed by atoms with van der Waals surface area (Å²) in [6, 6.07) is 0. The van der Waals surface area contributed by atoms with Gasteiger partial charge in [0.05, 0.1) is 27.9 Å². The monoisotopic (exact) mass is 298 g/mol. The molecule has 1 atom stereocenters. The zero-order chi connectivity index (χ0) is 16.3. The van der Waals surface area contributed by atoms with Gasteiger partial charge in [0.1, 0.15) is 0 Å². The number of hydrogen-bond acceptors (Lipinski definition) is 4. The summed E-state index contributed by atoms with van der Waals surface area (Å²) in [6.07, 6.45) is 0.954. The average molecular weight is 298 g/mol. The maximum atomic E-state index is 6.37. The molecule has 4 nitrogen and oxygen atoms in total. The van der Waals surface area contributed by atoms with E-state index >= 15 is 0 Å². The predicted octanol–water partition coefficient (Wildman–Crippen LogP) is 2.55. The van der Waals surface area contributed by atoms with Crippen LogP contribution >= 0.6 is 0 Å². The molecule has 2 aliphatic rings. The molecule has 0 radical (unpaired) electrons. The lowest BCUT2D eigenvalue weighted by molar-refractivity contribution is -0.212. The number of ether oxygens (including phenoxy) is 2. The van der Waals surface area contributed by atoms with Crippen LogP contribution < -0.4 is 5.73 Å². The van der Waals surface area contributed by atoms with E-state index in [0.29, 0.717) is 6.54 Å². The molecule has 2 saturated heterocycles. The Morgan fingerprint density at radius 2 is 1.29 bits per heavy atom. The van der Waals surface area contributed by atoms with Crippen LogP contribution in [0.5, 0.6) is 0 Å². The molecule has 21 heavy (non-hydrogen) atoms. The lowest BCUT2D eigenvalue weighted by atomic mass is 9.75. The second-order valence-corrected chi connectivity index (χ2v) is 9.26. The molecule has 0 aromatic heterocycles. The van der Waals surface area contributed by atoms with Crippen molar-refractivity contribution >= 4 is 0 Å². The van der Waals surface area contributed by atoms with Crippen LogP contribution in [0.25, 0.3) is 0 Å². The van der Waals surface area contributed by atoms with Crippen molar-refractivity contribution in [2.24, 2.45) is 5.73 Å². The third kappa shape index (κ3) is 3.00. The Kier molecular flexibility index (Phi) is 3.82. The fourth-order valence-electron chi connectivity index (χ4n) is 4.77. The maximum absolute atomic E-state index is 6.37. The highest BCUT2D eigenvalue weighted by Gasteiger charge is 2.61. The smallest absolute Gasteiger partial charge is 0.0830 e. The van der Waals surface area contributed by atoms with Crippen molar-refractivity contribution in [1.29, 1.82) is 0 Å². The SMILES string of the molecule is CC1(C)CN(C2(CN)CC(C)(C)OC2(C)C)CC(C)(C)O1. The van der Waals surface area contributed by atoms with Crippen LogP contribution in [0, 0.1) is 0 Å². The topological polar surface area (TPSA) is 47.7 Å². The van der Waals surface area contributed by atoms with Gasteiger partial charge in [0, 0.05) is 19.6 Å². The lowest BCUT2D eigenvalue weighted by Crippen LogP contribution is -2.70. The molecular formula is C17H34N2O2. The Hall–Kier alpha value is -0.160. The normalized spacial score (nSPS) is 37.6. The summed E-state index contributed by atoms with van der Waals surface area (Å²) >= 11 is 0. The first-order valence-corrected chi connectivity index (χ1v) is 8.10. The van der Waals surface area contributed by atoms with E-state index in [1.165, 1.54) is 0 Å². The van der Waals surface area contributed by atoms with Crippen molar-refractivity contribution in [2.45, 2.75) is 89.8 Å². The Morgan fingerprint density at radius 3 is 1.62 bits per heavy atom. The first-order valence-electron chi connectivity index (χ1n) is 8.10. The van der Waals surface area contributed by atoms with Crippen molar-refractivity contribution in [3.8, 4) is 0 Å². The number of nitrogens with two attached hydrogens (primary N) is 1. The van der Waals surface area contributed by atoms with Crippen LogP contribution in [0.2, 0.25) is 0 Å². The first-order chi connectivity index (χ1) is 9.24. The summed E-state index contributed by atoms with van der Waals surface area (Å²) in [5.74, 6) is 0. The van der Waals surface area contributed by atoms with Crippen molar-refractivity contribution in [1.82, 2.24) is 4.90 Å². The summed E-state index contributed by atoms with van der Waals surface area (Å²) in [5.41, 5.74) is 5.41. The van der Waals surface area contributed by atoms with E-state index in [1.807, 2.05) is 0 Å². The summed E-state index contributed by atoms with van der Waals surface area (Å²) in [4.78, 5) is 2.53. The number of hydrogen-bond donors (Lipinski definition) is 1. The van der Waals surface area contributed by atoms with Crippen molar-refractivity contribution in [3.05, 3.63) is 0 Å². The van der Waals surface area contributed by atoms with Crippen molar-refractivity contribution < 1.29 is 9.47 Å². The van der Waals surface area contributed by atoms with E-state index < -0.39 is 0 Å². The first kappa shape index (κ1) is 17.2. The van der Waals surface area contributed by atoms with Gasteiger partial charge in [0.15, 0.2) is 0 Å². The molecule has 2 heterocycles. The predicted molar refractivity (Wildman–Crippen MR) is 86.5 cm³/mol. The number of morpholine rings is 1. The molecule has 124 valence electrons. The molecule has 2 N–H and O–H groups in total. The minimum absolute atomic E-state index is 0.143. The number of rotatable bonds is 2. The highest BCUT2D eigenvalue weighted by molar-refractivity contribution is 5.15. The van der Waals surface area contributed by atoms with Gasteiger partial charge in [0.2, 0.25) is 0 Å². The molecule has 1 unspecified atom stereocenters. The third-order valence-corrected chi connectivity index (χ3v) is 5.01. The van der Waals surface area contributed by atoms with E-state index in [-0.39, 0.29) is 27.9 Å². The zero-order valence-corrected chi connectivity index (χ0v) is 15.2. The van der Waals surface area contributed by atoms with E-state index in [0.717, 1.165) is 19.5 Å². The summed E-state index contributed by atoms with van der Waals surface area (Å²) in [6.45, 7) is 19.7. The van der Waals surface area contributed by atoms with Crippen molar-refractivity contribution in [2.75, 3.05) is 19.6 Å². The molecule has 0 aromatic carbocycles. The third-order valence-electron chi connectivity index (χ3n) is 5.01. The molecule has 0 bridgehead atoms. The molecule has 2 rings (SSSR count). The standard InChI is InChI=1S/C17H34N2O2/c1-13(2)9-17(10-18,16(7,8)21-13)19-11-14(3,4)20-15(5,6)12-19/h9-12,18H2,1-8H3. The molecule has 2 fully saturated rings. The van der Waals surface area contributed by atoms with Crippen LogP contribution in [0.15, 0.2) is 0 Å². The Morgan fingerprint density at radius 1 is 0.810 bits per heavy atom. The van der Waals surface area contributed by atoms with Crippen LogP contribution in [0.1, 0.15) is 61.8 Å². The molecule has 0 saturated carbocycles. The second-order valence-electron chi connectivity index (χ2n) is 9.26. The zero-order valence-electron chi connectivity index (χ0n) is 15.2. The minimum Gasteiger partial charge on any atom is -0.368 e. The van der Waals surface area contributed by atoms with Gasteiger partial charge in [-0.15, -0.1) is 0 Å². The van der Waals surface area contributed by atoms with E-state index in [9.17, 15) is 0 Å². The summed E-state index contributed by atoms with van der Waals surface area (Å²) < 4.78 is 12.6. The van der Waals surface area contributed by atoms with Gasteiger partial charge in [-0.05, 0) is 61.8 Å². The number of nitrogens with zero attached hydrogens (tertiary/aromatic N) is 1. The maximum Gasteiger partial charge on any atom is 0.0830 e. The minimum atomic E-state index is -0.269. The fraction of sp³-hybridized carbons (Fsp3) is 1.00. The second kappa shape index (κ2) is 4.67. The Balaban J connectivity index is 2.41. The molecule has 2 aliphatic heterocycles. The van der Waals surface area contributed by atoms with Gasteiger partial charge in [-0.3, -0.25) is 4.90 Å². The Bertz CT molecular complexity index is 399. The van der Waals surface area contributed by atoms with Crippen LogP contribution in [0.3, 0.4) is 0 Å². The van der Waals surface area contributed by atoms with Crippen LogP contribution in [0.4, 0.5) is 0 Å². The molecule has 4 heteroatoms. The fourth-order valence-corrected chi connectivity index (χ4v) is 4.77. The van der Waals surface area contributed by atoms with Gasteiger partial charge in [-0.25, -0.2) is 0 Å². The van der Waals surface area contributed by atoms with Gasteiger partial charge in [-0.2, -0.15) is 0 Å². The molecule has 0 aromatic rings. The van der Waals surface area contributed by atoms with E-state index in [2.05, 4.69) is 60.3 Å². The quantitative estimate of drug-likeness (QED) is 0.851. The summed E-state index contributed by atoms with van der Waals surface area (Å²) in [5, 5.41) is 0. The van der Waals surface area contributed by atoms with E-state index in [4.69, 9.17) is 15.2 Å². The van der Waals surface area contributed by atoms with Gasteiger partial charge >= 0.3 is 0 Å². The van der Waals surface area contributed by atoms with Crippen molar-refractivity contribution in [3.63, 3.8) is 0 Å². The van der Waals surface area contributed by atoms with E-state index in [1.54, 1.807) is 0 Å². The molecule has 0 amide bonds. The van der Waals surface area contributed by atoms with Crippen LogP contribution in [-0.4, -0.2) is 52.5 Å². The summed E-state index contributed by atoms with van der Waals surface area (Å²) in [7, 11) is 0. The highest BCUT2D eigenvalue weighted by Crippen LogP contribution is 2.49. The van der Waals surface area contributed by atoms with Gasteiger partial charge in [-0.1, -0.05) is 0 Å². The lowest BCUT2D eigenvalue weighted by Gasteiger charge is -2.56. The highest BCUT2D eigenvalue weighted by atomic mass is 16.5. The molecule has 0 aliphatic carbocycles. The Labute approximate surface area is 130 Å². The average Bonchev–Trinajstić information content (AvgIpc) is 2.38. The van der Waals surface area contributed by atoms with Gasteiger partial charge < -0.3 is 15.2 Å². The largest absolute Gasteiger partial charge is 0.368 e. The molecular weight excluding hydrogens is 264 g/mol.